The molecule has 0 radical (unpaired) electrons. The topological polar surface area (TPSA) is 64.1 Å². The largest absolute Gasteiger partial charge is 0.494 e. The van der Waals surface area contributed by atoms with Crippen LogP contribution in [0.5, 0.6) is 5.75 Å². The zero-order valence-electron chi connectivity index (χ0n) is 16.1. The second-order valence-electron chi connectivity index (χ2n) is 6.48. The van der Waals surface area contributed by atoms with E-state index in [9.17, 15) is 4.79 Å². The Bertz CT molecular complexity index is 863. The van der Waals surface area contributed by atoms with Crippen molar-refractivity contribution in [3.8, 4) is 16.5 Å². The molecule has 0 saturated carbocycles. The van der Waals surface area contributed by atoms with Crippen molar-refractivity contribution in [1.82, 2.24) is 15.3 Å². The maximum Gasteiger partial charge on any atom is 0.251 e. The number of thiazole rings is 1. The van der Waals surface area contributed by atoms with E-state index < -0.39 is 0 Å². The summed E-state index contributed by atoms with van der Waals surface area (Å²) >= 11 is 1.52. The molecule has 2 heterocycles. The molecular formula is C22H25N3O2S. The van der Waals surface area contributed by atoms with E-state index >= 15 is 0 Å². The van der Waals surface area contributed by atoms with Crippen LogP contribution in [0.15, 0.2) is 54.0 Å². The number of nitrogens with one attached hydrogen (secondary N) is 1. The third kappa shape index (κ3) is 5.89. The summed E-state index contributed by atoms with van der Waals surface area (Å²) in [6.45, 7) is 3.30. The quantitative estimate of drug-likeness (QED) is 0.485. The van der Waals surface area contributed by atoms with Crippen molar-refractivity contribution in [2.24, 2.45) is 0 Å². The molecule has 3 rings (SSSR count). The maximum absolute atomic E-state index is 12.3. The number of hydrogen-bond donors (Lipinski definition) is 1. The van der Waals surface area contributed by atoms with Gasteiger partial charge in [-0.2, -0.15) is 0 Å². The van der Waals surface area contributed by atoms with E-state index in [1.165, 1.54) is 30.6 Å². The molecule has 0 spiro atoms. The molecule has 0 aliphatic rings. The first kappa shape index (κ1) is 20.0. The van der Waals surface area contributed by atoms with E-state index in [1.807, 2.05) is 35.7 Å². The molecule has 0 fully saturated rings. The monoisotopic (exact) mass is 395 g/mol. The molecular weight excluding hydrogens is 370 g/mol. The van der Waals surface area contributed by atoms with Crippen LogP contribution in [0, 0.1) is 0 Å². The molecule has 6 heteroatoms. The summed E-state index contributed by atoms with van der Waals surface area (Å²) in [4.78, 5) is 21.2. The van der Waals surface area contributed by atoms with Gasteiger partial charge in [0.25, 0.3) is 5.91 Å². The Balaban J connectivity index is 1.46. The zero-order valence-corrected chi connectivity index (χ0v) is 16.9. The van der Waals surface area contributed by atoms with E-state index in [-0.39, 0.29) is 5.91 Å². The number of unbranched alkanes of at least 4 members (excludes halogenated alkanes) is 3. The summed E-state index contributed by atoms with van der Waals surface area (Å²) in [5.74, 6) is 0.675. The number of benzene rings is 1. The van der Waals surface area contributed by atoms with E-state index in [0.717, 1.165) is 28.6 Å². The molecule has 2 aromatic heterocycles. The van der Waals surface area contributed by atoms with Gasteiger partial charge in [-0.15, -0.1) is 11.3 Å². The second-order valence-corrected chi connectivity index (χ2v) is 7.33. The Labute approximate surface area is 169 Å². The molecule has 146 valence electrons. The van der Waals surface area contributed by atoms with Gasteiger partial charge in [0.2, 0.25) is 0 Å². The molecule has 3 aromatic rings. The third-order valence-corrected chi connectivity index (χ3v) is 5.16. The van der Waals surface area contributed by atoms with E-state index in [0.29, 0.717) is 18.7 Å². The highest BCUT2D eigenvalue weighted by molar-refractivity contribution is 7.13. The summed E-state index contributed by atoms with van der Waals surface area (Å²) in [5, 5.41) is 5.71. The van der Waals surface area contributed by atoms with Crippen molar-refractivity contribution >= 4 is 17.2 Å². The van der Waals surface area contributed by atoms with Crippen LogP contribution in [0.1, 0.15) is 48.7 Å². The lowest BCUT2D eigenvalue weighted by molar-refractivity contribution is 0.0950. The molecule has 1 amide bonds. The predicted octanol–water partition coefficient (Wildman–Crippen LogP) is 5.09. The van der Waals surface area contributed by atoms with Crippen molar-refractivity contribution in [3.05, 3.63) is 65.3 Å². The summed E-state index contributed by atoms with van der Waals surface area (Å²) in [7, 11) is 0. The van der Waals surface area contributed by atoms with E-state index in [2.05, 4.69) is 22.2 Å². The van der Waals surface area contributed by atoms with Crippen molar-refractivity contribution in [3.63, 3.8) is 0 Å². The number of amides is 1. The number of hydrogen-bond acceptors (Lipinski definition) is 5. The second kappa shape index (κ2) is 10.6. The van der Waals surface area contributed by atoms with Crippen LogP contribution >= 0.6 is 11.3 Å². The molecule has 0 aliphatic carbocycles. The number of nitrogens with zero attached hydrogens (tertiary/aromatic N) is 2. The van der Waals surface area contributed by atoms with E-state index in [4.69, 9.17) is 4.74 Å². The Morgan fingerprint density at radius 2 is 1.96 bits per heavy atom. The lowest BCUT2D eigenvalue weighted by Crippen LogP contribution is -2.22. The molecule has 0 saturated heterocycles. The van der Waals surface area contributed by atoms with Gasteiger partial charge in [-0.1, -0.05) is 32.3 Å². The SMILES string of the molecule is CCCCCCOc1ccc(C(=O)NCc2csc(-c3ccccn3)n2)cc1. The van der Waals surface area contributed by atoms with Crippen LogP contribution in [0.4, 0.5) is 0 Å². The Hall–Kier alpha value is -2.73. The van der Waals surface area contributed by atoms with Crippen LogP contribution in [0.2, 0.25) is 0 Å². The van der Waals surface area contributed by atoms with E-state index in [1.54, 1.807) is 18.3 Å². The highest BCUT2D eigenvalue weighted by Crippen LogP contribution is 2.21. The van der Waals surface area contributed by atoms with Gasteiger partial charge in [-0.05, 0) is 42.8 Å². The van der Waals surface area contributed by atoms with Crippen LogP contribution in [0.3, 0.4) is 0 Å². The Morgan fingerprint density at radius 3 is 2.71 bits per heavy atom. The first-order chi connectivity index (χ1) is 13.8. The lowest BCUT2D eigenvalue weighted by Gasteiger charge is -2.07. The van der Waals surface area contributed by atoms with Crippen LogP contribution in [-0.2, 0) is 6.54 Å². The normalized spacial score (nSPS) is 10.6. The highest BCUT2D eigenvalue weighted by atomic mass is 32.1. The average Bonchev–Trinajstić information content (AvgIpc) is 3.22. The third-order valence-electron chi connectivity index (χ3n) is 4.25. The van der Waals surface area contributed by atoms with Gasteiger partial charge in [0, 0.05) is 17.1 Å². The molecule has 5 nitrogen and oxygen atoms in total. The molecule has 0 atom stereocenters. The summed E-state index contributed by atoms with van der Waals surface area (Å²) in [6, 6.07) is 13.0. The minimum atomic E-state index is -0.123. The van der Waals surface area contributed by atoms with Crippen molar-refractivity contribution < 1.29 is 9.53 Å². The average molecular weight is 396 g/mol. The molecule has 0 bridgehead atoms. The number of carbonyl (C=O) groups excluding carboxylic acids is 1. The number of ether oxygens (including phenoxy) is 1. The summed E-state index contributed by atoms with van der Waals surface area (Å²) in [5.41, 5.74) is 2.28. The smallest absolute Gasteiger partial charge is 0.251 e. The van der Waals surface area contributed by atoms with Crippen LogP contribution < -0.4 is 10.1 Å². The Kier molecular flexibility index (Phi) is 7.55. The van der Waals surface area contributed by atoms with Crippen LogP contribution in [0.25, 0.3) is 10.7 Å². The number of rotatable bonds is 10. The van der Waals surface area contributed by atoms with Crippen molar-refractivity contribution in [2.45, 2.75) is 39.2 Å². The lowest BCUT2D eigenvalue weighted by atomic mass is 10.2. The Morgan fingerprint density at radius 1 is 1.11 bits per heavy atom. The minimum absolute atomic E-state index is 0.123. The van der Waals surface area contributed by atoms with Crippen molar-refractivity contribution in [2.75, 3.05) is 6.61 Å². The molecule has 1 N–H and O–H groups in total. The van der Waals surface area contributed by atoms with Gasteiger partial charge in [-0.3, -0.25) is 9.78 Å². The van der Waals surface area contributed by atoms with Gasteiger partial charge in [0.05, 0.1) is 24.5 Å². The van der Waals surface area contributed by atoms with Gasteiger partial charge in [-0.25, -0.2) is 4.98 Å². The molecule has 28 heavy (non-hydrogen) atoms. The fourth-order valence-corrected chi connectivity index (χ4v) is 3.48. The van der Waals surface area contributed by atoms with Gasteiger partial charge < -0.3 is 10.1 Å². The van der Waals surface area contributed by atoms with Gasteiger partial charge in [0.15, 0.2) is 0 Å². The fraction of sp³-hybridized carbons (Fsp3) is 0.318. The van der Waals surface area contributed by atoms with Crippen LogP contribution in [-0.4, -0.2) is 22.5 Å². The van der Waals surface area contributed by atoms with Crippen molar-refractivity contribution in [1.29, 1.82) is 0 Å². The first-order valence-electron chi connectivity index (χ1n) is 9.63. The summed E-state index contributed by atoms with van der Waals surface area (Å²) in [6.07, 6.45) is 6.45. The maximum atomic E-state index is 12.3. The standard InChI is InChI=1S/C22H25N3O2S/c1-2-3-4-7-14-27-19-11-9-17(10-12-19)21(26)24-15-18-16-28-22(25-18)20-8-5-6-13-23-20/h5-6,8-13,16H,2-4,7,14-15H2,1H3,(H,24,26). The highest BCUT2D eigenvalue weighted by Gasteiger charge is 2.09. The summed E-state index contributed by atoms with van der Waals surface area (Å²) < 4.78 is 5.72. The fourth-order valence-electron chi connectivity index (χ4n) is 2.69. The van der Waals surface area contributed by atoms with Gasteiger partial charge in [0.1, 0.15) is 10.8 Å². The minimum Gasteiger partial charge on any atom is -0.494 e. The number of pyridine rings is 1. The van der Waals surface area contributed by atoms with Gasteiger partial charge >= 0.3 is 0 Å². The molecule has 1 aromatic carbocycles. The zero-order chi connectivity index (χ0) is 19.6. The number of carbonyl (C=O) groups is 1. The molecule has 0 aliphatic heterocycles. The first-order valence-corrected chi connectivity index (χ1v) is 10.5. The predicted molar refractivity (Wildman–Crippen MR) is 113 cm³/mol. The molecule has 0 unspecified atom stereocenters. The number of aromatic nitrogens is 2.